The van der Waals surface area contributed by atoms with Crippen LogP contribution in [0.1, 0.15) is 18.4 Å². The van der Waals surface area contributed by atoms with Gasteiger partial charge >= 0.3 is 0 Å². The van der Waals surface area contributed by atoms with Crippen molar-refractivity contribution in [3.05, 3.63) is 72.3 Å². The number of aromatic nitrogens is 4. The number of anilines is 2. The Balaban J connectivity index is 1.42. The topological polar surface area (TPSA) is 49.6 Å². The van der Waals surface area contributed by atoms with E-state index in [0.29, 0.717) is 6.54 Å². The van der Waals surface area contributed by atoms with Crippen LogP contribution >= 0.6 is 0 Å². The van der Waals surface area contributed by atoms with Gasteiger partial charge in [0.1, 0.15) is 17.5 Å². The van der Waals surface area contributed by atoms with Crippen LogP contribution in [-0.2, 0) is 6.54 Å². The molecule has 1 aromatic carbocycles. The summed E-state index contributed by atoms with van der Waals surface area (Å²) in [5.74, 6) is 1.58. The van der Waals surface area contributed by atoms with Crippen LogP contribution in [0.25, 0.3) is 16.9 Å². The second kappa shape index (κ2) is 7.74. The molecule has 1 aliphatic rings. The number of hydrogen-bond donors (Lipinski definition) is 0. The predicted octanol–water partition coefficient (Wildman–Crippen LogP) is 4.17. The molecule has 0 bridgehead atoms. The van der Waals surface area contributed by atoms with Crippen molar-refractivity contribution >= 4 is 17.3 Å². The molecule has 0 aliphatic carbocycles. The molecule has 3 aromatic heterocycles. The number of hydrogen-bond acceptors (Lipinski definition) is 5. The molecule has 0 spiro atoms. The molecule has 1 fully saturated rings. The first kappa shape index (κ1) is 18.5. The monoisotopic (exact) mass is 402 g/mol. The molecule has 0 saturated carbocycles. The van der Waals surface area contributed by atoms with E-state index in [1.807, 2.05) is 47.1 Å². The van der Waals surface area contributed by atoms with E-state index < -0.39 is 0 Å². The maximum Gasteiger partial charge on any atom is 0.154 e. The van der Waals surface area contributed by atoms with Crippen molar-refractivity contribution in [1.29, 1.82) is 0 Å². The van der Waals surface area contributed by atoms with Crippen LogP contribution in [0, 0.1) is 5.82 Å². The largest absolute Gasteiger partial charge is 0.357 e. The fraction of sp³-hybridized carbons (Fsp3) is 0.261. The molecular weight excluding hydrogens is 379 g/mol. The highest BCUT2D eigenvalue weighted by Crippen LogP contribution is 2.24. The van der Waals surface area contributed by atoms with Gasteiger partial charge < -0.3 is 9.80 Å². The fourth-order valence-electron chi connectivity index (χ4n) is 3.93. The highest BCUT2D eigenvalue weighted by Gasteiger charge is 2.15. The Kier molecular flexibility index (Phi) is 4.78. The molecule has 4 heterocycles. The first-order valence-electron chi connectivity index (χ1n) is 10.2. The lowest BCUT2D eigenvalue weighted by atomic mass is 10.2. The lowest BCUT2D eigenvalue weighted by molar-refractivity contribution is 0.625. The van der Waals surface area contributed by atoms with Gasteiger partial charge in [0, 0.05) is 38.4 Å². The normalized spacial score (nSPS) is 13.9. The third-order valence-electron chi connectivity index (χ3n) is 5.52. The number of benzene rings is 1. The summed E-state index contributed by atoms with van der Waals surface area (Å²) in [6.45, 7) is 2.71. The second-order valence-corrected chi connectivity index (χ2v) is 7.69. The molecule has 0 radical (unpaired) electrons. The molecular formula is C23H23FN6. The van der Waals surface area contributed by atoms with Crippen LogP contribution < -0.4 is 9.80 Å². The molecule has 0 unspecified atom stereocenters. The number of nitrogens with zero attached hydrogens (tertiary/aromatic N) is 6. The Bertz CT molecular complexity index is 1160. The third-order valence-corrected chi connectivity index (χ3v) is 5.52. The van der Waals surface area contributed by atoms with Crippen molar-refractivity contribution in [3.8, 4) is 11.3 Å². The number of imidazole rings is 1. The van der Waals surface area contributed by atoms with Crippen molar-refractivity contribution in [3.63, 3.8) is 0 Å². The molecule has 152 valence electrons. The maximum absolute atomic E-state index is 13.5. The highest BCUT2D eigenvalue weighted by molar-refractivity contribution is 5.64. The Hall–Kier alpha value is -3.48. The summed E-state index contributed by atoms with van der Waals surface area (Å²) in [5.41, 5.74) is 3.54. The molecule has 0 amide bonds. The Morgan fingerprint density at radius 1 is 1.00 bits per heavy atom. The Labute approximate surface area is 174 Å². The van der Waals surface area contributed by atoms with Gasteiger partial charge in [0.25, 0.3) is 0 Å². The molecule has 0 N–H and O–H groups in total. The van der Waals surface area contributed by atoms with E-state index in [9.17, 15) is 4.39 Å². The molecule has 4 aromatic rings. The van der Waals surface area contributed by atoms with Gasteiger partial charge in [0.2, 0.25) is 0 Å². The first-order valence-corrected chi connectivity index (χ1v) is 10.2. The molecule has 6 nitrogen and oxygen atoms in total. The number of halogens is 1. The summed E-state index contributed by atoms with van der Waals surface area (Å²) in [5, 5.41) is 4.78. The predicted molar refractivity (Wildman–Crippen MR) is 116 cm³/mol. The van der Waals surface area contributed by atoms with E-state index in [0.717, 1.165) is 47.2 Å². The van der Waals surface area contributed by atoms with Crippen molar-refractivity contribution in [2.45, 2.75) is 19.4 Å². The minimum Gasteiger partial charge on any atom is -0.357 e. The summed E-state index contributed by atoms with van der Waals surface area (Å²) < 4.78 is 15.3. The standard InChI is InChI=1S/C23H23FN6/c1-28(16-17-5-4-6-19(24)13-17)23-10-9-22-26-15-20(30(22)27-23)18-7-8-21(25-14-18)29-11-2-3-12-29/h4-10,13-15H,2-3,11-12,16H2,1H3. The van der Waals surface area contributed by atoms with E-state index in [1.165, 1.54) is 18.9 Å². The minimum absolute atomic E-state index is 0.230. The van der Waals surface area contributed by atoms with E-state index >= 15 is 0 Å². The molecule has 1 saturated heterocycles. The first-order chi connectivity index (χ1) is 14.7. The third kappa shape index (κ3) is 3.58. The molecule has 7 heteroatoms. The minimum atomic E-state index is -0.230. The van der Waals surface area contributed by atoms with Crippen LogP contribution in [0.3, 0.4) is 0 Å². The van der Waals surface area contributed by atoms with Crippen molar-refractivity contribution < 1.29 is 4.39 Å². The van der Waals surface area contributed by atoms with Gasteiger partial charge in [-0.05, 0) is 54.8 Å². The van der Waals surface area contributed by atoms with Crippen LogP contribution in [0.4, 0.5) is 16.0 Å². The van der Waals surface area contributed by atoms with Crippen LogP contribution in [0.5, 0.6) is 0 Å². The quantitative estimate of drug-likeness (QED) is 0.502. The molecule has 5 rings (SSSR count). The van der Waals surface area contributed by atoms with E-state index in [1.54, 1.807) is 12.1 Å². The molecule has 30 heavy (non-hydrogen) atoms. The van der Waals surface area contributed by atoms with E-state index in [-0.39, 0.29) is 5.82 Å². The van der Waals surface area contributed by atoms with Gasteiger partial charge in [-0.1, -0.05) is 12.1 Å². The Morgan fingerprint density at radius 2 is 1.87 bits per heavy atom. The van der Waals surface area contributed by atoms with Gasteiger partial charge in [0.05, 0.1) is 11.9 Å². The van der Waals surface area contributed by atoms with Gasteiger partial charge in [-0.25, -0.2) is 18.9 Å². The van der Waals surface area contributed by atoms with Crippen molar-refractivity contribution in [2.24, 2.45) is 0 Å². The summed E-state index contributed by atoms with van der Waals surface area (Å²) >= 11 is 0. The van der Waals surface area contributed by atoms with E-state index in [4.69, 9.17) is 5.10 Å². The van der Waals surface area contributed by atoms with Gasteiger partial charge in [0.15, 0.2) is 5.65 Å². The fourth-order valence-corrected chi connectivity index (χ4v) is 3.93. The summed E-state index contributed by atoms with van der Waals surface area (Å²) in [6, 6.07) is 14.7. The average molecular weight is 402 g/mol. The van der Waals surface area contributed by atoms with Gasteiger partial charge in [-0.15, -0.1) is 5.10 Å². The zero-order valence-corrected chi connectivity index (χ0v) is 16.9. The average Bonchev–Trinajstić information content (AvgIpc) is 3.44. The summed E-state index contributed by atoms with van der Waals surface area (Å²) in [4.78, 5) is 13.4. The highest BCUT2D eigenvalue weighted by atomic mass is 19.1. The molecule has 0 atom stereocenters. The van der Waals surface area contributed by atoms with E-state index in [2.05, 4.69) is 27.0 Å². The smallest absolute Gasteiger partial charge is 0.154 e. The summed E-state index contributed by atoms with van der Waals surface area (Å²) in [7, 11) is 1.95. The van der Waals surface area contributed by atoms with Crippen molar-refractivity contribution in [1.82, 2.24) is 19.6 Å². The zero-order chi connectivity index (χ0) is 20.5. The number of rotatable bonds is 5. The van der Waals surface area contributed by atoms with Crippen LogP contribution in [0.2, 0.25) is 0 Å². The number of fused-ring (bicyclic) bond motifs is 1. The number of pyridine rings is 1. The SMILES string of the molecule is CN(Cc1cccc(F)c1)c1ccc2ncc(-c3ccc(N4CCCC4)nc3)n2n1. The van der Waals surface area contributed by atoms with Gasteiger partial charge in [-0.2, -0.15) is 0 Å². The van der Waals surface area contributed by atoms with Gasteiger partial charge in [-0.3, -0.25) is 0 Å². The maximum atomic E-state index is 13.5. The zero-order valence-electron chi connectivity index (χ0n) is 16.9. The lowest BCUT2D eigenvalue weighted by Crippen LogP contribution is -2.19. The summed E-state index contributed by atoms with van der Waals surface area (Å²) in [6.07, 6.45) is 6.17. The van der Waals surface area contributed by atoms with Crippen LogP contribution in [0.15, 0.2) is 60.9 Å². The Morgan fingerprint density at radius 3 is 2.63 bits per heavy atom. The molecule has 1 aliphatic heterocycles. The lowest BCUT2D eigenvalue weighted by Gasteiger charge is -2.18. The second-order valence-electron chi connectivity index (χ2n) is 7.69. The van der Waals surface area contributed by atoms with Crippen molar-refractivity contribution in [2.75, 3.05) is 29.9 Å². The van der Waals surface area contributed by atoms with Crippen LogP contribution in [-0.4, -0.2) is 39.7 Å².